The molecule has 3 aromatic rings. The van der Waals surface area contributed by atoms with Crippen LogP contribution in [0.2, 0.25) is 0 Å². The van der Waals surface area contributed by atoms with Gasteiger partial charge in [0.1, 0.15) is 23.2 Å². The van der Waals surface area contributed by atoms with Crippen molar-refractivity contribution in [3.8, 4) is 5.75 Å². The zero-order valence-corrected chi connectivity index (χ0v) is 22.1. The van der Waals surface area contributed by atoms with E-state index in [-0.39, 0.29) is 36.5 Å². The van der Waals surface area contributed by atoms with E-state index in [2.05, 4.69) is 10.3 Å². The first kappa shape index (κ1) is 27.2. The number of rotatable bonds is 8. The van der Waals surface area contributed by atoms with Gasteiger partial charge in [0.2, 0.25) is 5.91 Å². The van der Waals surface area contributed by atoms with Crippen LogP contribution >= 0.6 is 0 Å². The number of carbonyl (C=O) groups is 1. The second-order valence-electron chi connectivity index (χ2n) is 10.4. The summed E-state index contributed by atoms with van der Waals surface area (Å²) >= 11 is 0. The Morgan fingerprint density at radius 1 is 1.23 bits per heavy atom. The second-order valence-corrected chi connectivity index (χ2v) is 10.4. The summed E-state index contributed by atoms with van der Waals surface area (Å²) in [6.07, 6.45) is 0.971. The maximum Gasteiger partial charge on any atom is 0.266 e. The lowest BCUT2D eigenvalue weighted by Gasteiger charge is -2.31. The van der Waals surface area contributed by atoms with Gasteiger partial charge in [-0.2, -0.15) is 0 Å². The van der Waals surface area contributed by atoms with E-state index in [0.29, 0.717) is 31.2 Å². The number of aliphatic hydroxyl groups excluding tert-OH is 1. The lowest BCUT2D eigenvalue weighted by molar-refractivity contribution is -0.135. The number of hydrogen-bond donors (Lipinski definition) is 2. The van der Waals surface area contributed by atoms with E-state index in [0.717, 1.165) is 59.5 Å². The van der Waals surface area contributed by atoms with E-state index in [9.17, 15) is 18.0 Å². The second kappa shape index (κ2) is 11.4. The fraction of sp³-hybridized carbons (Fsp3) is 0.483. The molecule has 2 heterocycles. The number of amides is 1. The number of ether oxygens (including phenoxy) is 1. The number of aliphatic hydroxyl groups is 1. The largest absolute Gasteiger partial charge is 0.493 e. The molecular formula is C29H33F3N4O3. The normalized spacial score (nSPS) is 18.7. The molecule has 0 bridgehead atoms. The number of likely N-dealkylation sites (N-methyl/N-ethyl adjacent to an activating group) is 1. The molecule has 2 aliphatic rings. The van der Waals surface area contributed by atoms with Crippen molar-refractivity contribution in [3.05, 3.63) is 58.2 Å². The number of fused-ring (bicyclic) bond motifs is 3. The van der Waals surface area contributed by atoms with E-state index in [1.807, 2.05) is 6.07 Å². The minimum absolute atomic E-state index is 0.00452. The summed E-state index contributed by atoms with van der Waals surface area (Å²) in [4.78, 5) is 23.6. The summed E-state index contributed by atoms with van der Waals surface area (Å²) in [5.74, 6) is 1.21. The average molecular weight is 543 g/mol. The summed E-state index contributed by atoms with van der Waals surface area (Å²) in [5.41, 5.74) is 2.37. The highest BCUT2D eigenvalue weighted by Crippen LogP contribution is 2.46. The zero-order valence-electron chi connectivity index (χ0n) is 22.1. The smallest absolute Gasteiger partial charge is 0.266 e. The molecule has 39 heavy (non-hydrogen) atoms. The number of anilines is 1. The minimum Gasteiger partial charge on any atom is -0.493 e. The highest BCUT2D eigenvalue weighted by molar-refractivity contribution is 5.94. The maximum absolute atomic E-state index is 14.7. The highest BCUT2D eigenvalue weighted by Gasteiger charge is 2.33. The molecule has 1 aliphatic carbocycles. The summed E-state index contributed by atoms with van der Waals surface area (Å²) in [5, 5.41) is 13.1. The topological polar surface area (TPSA) is 87.6 Å². The summed E-state index contributed by atoms with van der Waals surface area (Å²) in [7, 11) is 1.72. The Balaban J connectivity index is 1.44. The van der Waals surface area contributed by atoms with Crippen LogP contribution < -0.4 is 10.1 Å². The van der Waals surface area contributed by atoms with Crippen LogP contribution in [-0.2, 0) is 17.8 Å². The van der Waals surface area contributed by atoms with E-state index in [1.54, 1.807) is 18.9 Å². The molecule has 1 saturated carbocycles. The van der Waals surface area contributed by atoms with Gasteiger partial charge in [-0.15, -0.1) is 0 Å². The number of aryl methyl sites for hydroxylation is 1. The standard InChI is InChI=1S/C29H33F3N4O3/c1-16-34-25-21-10-13-39-26(21)22(17-6-8-18(9-7-17)29(38)36(2)11-12-37)14-23(25)28(35-16)33-15-19-4-3-5-20(24(19)30)27(31)32/h3-5,14,17-18,27,37H,6-13,15H2,1-2H3,(H,33,34,35)/t17-,18+. The number of aromatic nitrogens is 2. The van der Waals surface area contributed by atoms with Crippen molar-refractivity contribution in [1.29, 1.82) is 0 Å². The molecule has 0 atom stereocenters. The van der Waals surface area contributed by atoms with Gasteiger partial charge in [-0.05, 0) is 50.2 Å². The summed E-state index contributed by atoms with van der Waals surface area (Å²) in [6, 6.07) is 6.04. The molecule has 5 rings (SSSR count). The first-order chi connectivity index (χ1) is 18.8. The molecule has 1 amide bonds. The van der Waals surface area contributed by atoms with Gasteiger partial charge in [0.15, 0.2) is 0 Å². The van der Waals surface area contributed by atoms with Crippen molar-refractivity contribution in [2.75, 3.05) is 32.1 Å². The molecule has 10 heteroatoms. The first-order valence-electron chi connectivity index (χ1n) is 13.4. The Hall–Kier alpha value is -3.40. The van der Waals surface area contributed by atoms with Gasteiger partial charge in [-0.3, -0.25) is 4.79 Å². The Kier molecular flexibility index (Phi) is 7.93. The number of carbonyl (C=O) groups excluding carboxylic acids is 1. The number of nitrogens with zero attached hydrogens (tertiary/aromatic N) is 3. The number of benzene rings is 2. The Labute approximate surface area is 225 Å². The fourth-order valence-electron chi connectivity index (χ4n) is 5.85. The summed E-state index contributed by atoms with van der Waals surface area (Å²) < 4.78 is 47.2. The van der Waals surface area contributed by atoms with Crippen LogP contribution in [0.1, 0.15) is 66.1 Å². The predicted octanol–water partition coefficient (Wildman–Crippen LogP) is 5.29. The molecule has 7 nitrogen and oxygen atoms in total. The average Bonchev–Trinajstić information content (AvgIpc) is 3.42. The van der Waals surface area contributed by atoms with E-state index < -0.39 is 17.8 Å². The summed E-state index contributed by atoms with van der Waals surface area (Å²) in [6.45, 7) is 2.61. The van der Waals surface area contributed by atoms with E-state index >= 15 is 0 Å². The van der Waals surface area contributed by atoms with Gasteiger partial charge in [0, 0.05) is 49.0 Å². The lowest BCUT2D eigenvalue weighted by Crippen LogP contribution is -2.36. The minimum atomic E-state index is -2.89. The molecular weight excluding hydrogens is 509 g/mol. The molecule has 0 spiro atoms. The third-order valence-electron chi connectivity index (χ3n) is 7.90. The van der Waals surface area contributed by atoms with Crippen molar-refractivity contribution in [3.63, 3.8) is 0 Å². The van der Waals surface area contributed by atoms with Crippen molar-refractivity contribution in [1.82, 2.24) is 14.9 Å². The molecule has 0 saturated heterocycles. The van der Waals surface area contributed by atoms with Gasteiger partial charge in [-0.1, -0.05) is 18.2 Å². The van der Waals surface area contributed by atoms with Crippen LogP contribution in [0.4, 0.5) is 19.0 Å². The number of nitrogens with one attached hydrogen (secondary N) is 1. The predicted molar refractivity (Wildman–Crippen MR) is 142 cm³/mol. The number of alkyl halides is 2. The molecule has 1 aromatic heterocycles. The third-order valence-corrected chi connectivity index (χ3v) is 7.90. The van der Waals surface area contributed by atoms with Crippen LogP contribution in [0, 0.1) is 18.7 Å². The molecule has 0 unspecified atom stereocenters. The van der Waals surface area contributed by atoms with Gasteiger partial charge in [0.25, 0.3) is 6.43 Å². The lowest BCUT2D eigenvalue weighted by atomic mass is 9.77. The van der Waals surface area contributed by atoms with Crippen LogP contribution in [0.3, 0.4) is 0 Å². The van der Waals surface area contributed by atoms with Crippen LogP contribution in [0.15, 0.2) is 24.3 Å². The fourth-order valence-corrected chi connectivity index (χ4v) is 5.85. The Bertz CT molecular complexity index is 1380. The van der Waals surface area contributed by atoms with Crippen molar-refractivity contribution in [2.45, 2.75) is 57.9 Å². The van der Waals surface area contributed by atoms with Crippen LogP contribution in [0.25, 0.3) is 10.9 Å². The van der Waals surface area contributed by atoms with Gasteiger partial charge in [0.05, 0.1) is 24.3 Å². The van der Waals surface area contributed by atoms with Gasteiger partial charge < -0.3 is 20.1 Å². The SMILES string of the molecule is Cc1nc(NCc2cccc(C(F)F)c2F)c2cc([C@H]3CC[C@@H](C(=O)N(C)CCO)CC3)c3c(c2n1)CCO3. The third kappa shape index (κ3) is 5.39. The molecule has 208 valence electrons. The Morgan fingerprint density at radius 2 is 2.00 bits per heavy atom. The maximum atomic E-state index is 14.7. The van der Waals surface area contributed by atoms with E-state index in [4.69, 9.17) is 14.8 Å². The van der Waals surface area contributed by atoms with Crippen molar-refractivity contribution < 1.29 is 27.8 Å². The Morgan fingerprint density at radius 3 is 2.72 bits per heavy atom. The number of hydrogen-bond acceptors (Lipinski definition) is 6. The van der Waals surface area contributed by atoms with Crippen molar-refractivity contribution >= 4 is 22.6 Å². The van der Waals surface area contributed by atoms with Crippen LogP contribution in [-0.4, -0.2) is 52.7 Å². The van der Waals surface area contributed by atoms with Gasteiger partial charge >= 0.3 is 0 Å². The first-order valence-corrected chi connectivity index (χ1v) is 13.4. The molecule has 0 radical (unpaired) electrons. The van der Waals surface area contributed by atoms with Crippen LogP contribution in [0.5, 0.6) is 5.75 Å². The molecule has 1 fully saturated rings. The van der Waals surface area contributed by atoms with E-state index in [1.165, 1.54) is 12.1 Å². The molecule has 2 N–H and O–H groups in total. The quantitative estimate of drug-likeness (QED) is 0.403. The zero-order chi connectivity index (χ0) is 27.7. The number of halogens is 3. The monoisotopic (exact) mass is 542 g/mol. The molecule has 1 aliphatic heterocycles. The molecule has 2 aromatic carbocycles. The van der Waals surface area contributed by atoms with Gasteiger partial charge in [-0.25, -0.2) is 23.1 Å². The van der Waals surface area contributed by atoms with Crippen molar-refractivity contribution in [2.24, 2.45) is 5.92 Å². The highest BCUT2D eigenvalue weighted by atomic mass is 19.3.